The minimum Gasteiger partial charge on any atom is -0.478 e. The maximum Gasteiger partial charge on any atom is 0.328 e. The Balaban J connectivity index is 2.43. The molecule has 0 spiro atoms. The maximum absolute atomic E-state index is 13.7. The van der Waals surface area contributed by atoms with E-state index in [0.717, 1.165) is 6.08 Å². The lowest BCUT2D eigenvalue weighted by atomic mass is 10.2. The highest BCUT2D eigenvalue weighted by Gasteiger charge is 2.11. The fourth-order valence-corrected chi connectivity index (χ4v) is 2.15. The van der Waals surface area contributed by atoms with Crippen LogP contribution in [0, 0.1) is 5.82 Å². The molecule has 0 radical (unpaired) electrons. The van der Waals surface area contributed by atoms with Crippen LogP contribution in [0.2, 0.25) is 5.02 Å². The van der Waals surface area contributed by atoms with Gasteiger partial charge in [-0.15, -0.1) is 0 Å². The summed E-state index contributed by atoms with van der Waals surface area (Å²) >= 11 is 9.27. The Morgan fingerprint density at radius 2 is 2.10 bits per heavy atom. The number of rotatable bonds is 4. The number of carboxylic acids is 1. The number of halogens is 3. The lowest BCUT2D eigenvalue weighted by Crippen LogP contribution is -1.93. The third-order valence-corrected chi connectivity index (χ3v) is 3.30. The highest BCUT2D eigenvalue weighted by atomic mass is 79.9. The van der Waals surface area contributed by atoms with Gasteiger partial charge < -0.3 is 9.84 Å². The van der Waals surface area contributed by atoms with Gasteiger partial charge in [0, 0.05) is 16.1 Å². The van der Waals surface area contributed by atoms with Gasteiger partial charge in [-0.05, 0) is 30.3 Å². The quantitative estimate of drug-likeness (QED) is 0.758. The molecule has 0 aliphatic rings. The first-order valence-electron chi connectivity index (χ1n) is 5.80. The smallest absolute Gasteiger partial charge is 0.328 e. The second-order valence-electron chi connectivity index (χ2n) is 4.01. The molecule has 0 atom stereocenters. The first kappa shape index (κ1) is 15.5. The Labute approximate surface area is 133 Å². The van der Waals surface area contributed by atoms with E-state index in [4.69, 9.17) is 21.4 Å². The van der Waals surface area contributed by atoms with Crippen LogP contribution < -0.4 is 4.74 Å². The van der Waals surface area contributed by atoms with E-state index in [0.29, 0.717) is 10.0 Å². The maximum atomic E-state index is 13.7. The van der Waals surface area contributed by atoms with Crippen molar-refractivity contribution in [3.8, 4) is 11.5 Å². The molecular weight excluding hydrogens is 363 g/mol. The van der Waals surface area contributed by atoms with E-state index in [2.05, 4.69) is 15.9 Å². The van der Waals surface area contributed by atoms with Crippen molar-refractivity contribution < 1.29 is 19.0 Å². The van der Waals surface area contributed by atoms with Crippen molar-refractivity contribution >= 4 is 39.6 Å². The molecule has 0 unspecified atom stereocenters. The van der Waals surface area contributed by atoms with Crippen molar-refractivity contribution in [1.82, 2.24) is 0 Å². The molecule has 2 aromatic rings. The Hall–Kier alpha value is -1.85. The van der Waals surface area contributed by atoms with E-state index in [1.54, 1.807) is 24.3 Å². The van der Waals surface area contributed by atoms with Crippen LogP contribution in [0.5, 0.6) is 11.5 Å². The number of benzene rings is 2. The van der Waals surface area contributed by atoms with Gasteiger partial charge >= 0.3 is 5.97 Å². The molecule has 0 aromatic heterocycles. The van der Waals surface area contributed by atoms with Crippen molar-refractivity contribution in [1.29, 1.82) is 0 Å². The fraction of sp³-hybridized carbons (Fsp3) is 0. The highest BCUT2D eigenvalue weighted by molar-refractivity contribution is 9.10. The predicted molar refractivity (Wildman–Crippen MR) is 82.3 cm³/mol. The first-order valence-corrected chi connectivity index (χ1v) is 6.97. The normalized spacial score (nSPS) is 10.8. The number of carbonyl (C=O) groups is 1. The molecule has 2 rings (SSSR count). The van der Waals surface area contributed by atoms with Crippen molar-refractivity contribution in [2.45, 2.75) is 0 Å². The summed E-state index contributed by atoms with van der Waals surface area (Å²) in [7, 11) is 0. The minimum atomic E-state index is -1.10. The van der Waals surface area contributed by atoms with Crippen molar-refractivity contribution in [3.05, 3.63) is 63.4 Å². The van der Waals surface area contributed by atoms with E-state index in [1.807, 2.05) is 0 Å². The molecule has 0 bridgehead atoms. The van der Waals surface area contributed by atoms with Gasteiger partial charge in [0.15, 0.2) is 17.3 Å². The van der Waals surface area contributed by atoms with Crippen LogP contribution in [0.4, 0.5) is 4.39 Å². The van der Waals surface area contributed by atoms with Crippen LogP contribution in [-0.2, 0) is 4.79 Å². The van der Waals surface area contributed by atoms with Crippen LogP contribution in [0.3, 0.4) is 0 Å². The molecule has 0 heterocycles. The molecular formula is C15H9BrClFO3. The highest BCUT2D eigenvalue weighted by Crippen LogP contribution is 2.35. The minimum absolute atomic E-state index is 0.0116. The lowest BCUT2D eigenvalue weighted by molar-refractivity contribution is -0.131. The van der Waals surface area contributed by atoms with E-state index < -0.39 is 11.8 Å². The standard InChI is InChI=1S/C15H9BrClFO3/c16-10-5-6-12(18)13(8-10)21-15-9(4-7-14(19)20)2-1-3-11(15)17/h1-8H,(H,19,20)/b7-4+. The number of carboxylic acid groups (broad SMARTS) is 1. The van der Waals surface area contributed by atoms with E-state index >= 15 is 0 Å². The van der Waals surface area contributed by atoms with Crippen molar-refractivity contribution in [2.24, 2.45) is 0 Å². The molecule has 2 aromatic carbocycles. The van der Waals surface area contributed by atoms with E-state index in [9.17, 15) is 9.18 Å². The van der Waals surface area contributed by atoms with Gasteiger partial charge in [0.25, 0.3) is 0 Å². The molecule has 3 nitrogen and oxygen atoms in total. The lowest BCUT2D eigenvalue weighted by Gasteiger charge is -2.11. The van der Waals surface area contributed by atoms with Crippen molar-refractivity contribution in [2.75, 3.05) is 0 Å². The van der Waals surface area contributed by atoms with Gasteiger partial charge in [-0.3, -0.25) is 0 Å². The summed E-state index contributed by atoms with van der Waals surface area (Å²) in [5.74, 6) is -1.48. The van der Waals surface area contributed by atoms with Gasteiger partial charge in [-0.25, -0.2) is 9.18 Å². The van der Waals surface area contributed by atoms with Crippen LogP contribution >= 0.6 is 27.5 Å². The average Bonchev–Trinajstić information content (AvgIpc) is 2.43. The molecule has 0 saturated heterocycles. The summed E-state index contributed by atoms with van der Waals surface area (Å²) in [6.45, 7) is 0. The van der Waals surface area contributed by atoms with Crippen LogP contribution in [0.25, 0.3) is 6.08 Å². The van der Waals surface area contributed by atoms with Crippen LogP contribution in [0.15, 0.2) is 46.9 Å². The zero-order chi connectivity index (χ0) is 15.4. The molecule has 0 aliphatic heterocycles. The van der Waals surface area contributed by atoms with Gasteiger partial charge in [-0.1, -0.05) is 39.7 Å². The van der Waals surface area contributed by atoms with Gasteiger partial charge in [0.2, 0.25) is 0 Å². The molecule has 6 heteroatoms. The molecule has 0 amide bonds. The van der Waals surface area contributed by atoms with Crippen LogP contribution in [-0.4, -0.2) is 11.1 Å². The molecule has 0 saturated carbocycles. The molecule has 0 fully saturated rings. The Kier molecular flexibility index (Phi) is 4.98. The summed E-state index contributed by atoms with van der Waals surface area (Å²) in [5, 5.41) is 8.93. The fourth-order valence-electron chi connectivity index (χ4n) is 1.59. The third kappa shape index (κ3) is 4.06. The number of aliphatic carboxylic acids is 1. The van der Waals surface area contributed by atoms with E-state index in [-0.39, 0.29) is 16.5 Å². The second kappa shape index (κ2) is 6.74. The second-order valence-corrected chi connectivity index (χ2v) is 5.33. The van der Waals surface area contributed by atoms with Crippen LogP contribution in [0.1, 0.15) is 5.56 Å². The topological polar surface area (TPSA) is 46.5 Å². The number of hydrogen-bond acceptors (Lipinski definition) is 2. The Morgan fingerprint density at radius 3 is 2.81 bits per heavy atom. The first-order chi connectivity index (χ1) is 9.97. The van der Waals surface area contributed by atoms with Crippen molar-refractivity contribution in [3.63, 3.8) is 0 Å². The Morgan fingerprint density at radius 1 is 1.33 bits per heavy atom. The molecule has 0 aliphatic carbocycles. The zero-order valence-electron chi connectivity index (χ0n) is 10.5. The molecule has 1 N–H and O–H groups in total. The summed E-state index contributed by atoms with van der Waals surface area (Å²) < 4.78 is 19.9. The summed E-state index contributed by atoms with van der Waals surface area (Å²) in [6, 6.07) is 9.10. The number of ether oxygens (including phenoxy) is 1. The summed E-state index contributed by atoms with van der Waals surface area (Å²) in [4.78, 5) is 10.6. The van der Waals surface area contributed by atoms with Gasteiger partial charge in [0.05, 0.1) is 5.02 Å². The van der Waals surface area contributed by atoms with Gasteiger partial charge in [0.1, 0.15) is 0 Å². The monoisotopic (exact) mass is 370 g/mol. The number of para-hydroxylation sites is 1. The summed E-state index contributed by atoms with van der Waals surface area (Å²) in [5.41, 5.74) is 0.435. The van der Waals surface area contributed by atoms with Gasteiger partial charge in [-0.2, -0.15) is 0 Å². The van der Waals surface area contributed by atoms with E-state index in [1.165, 1.54) is 18.2 Å². The largest absolute Gasteiger partial charge is 0.478 e. The third-order valence-electron chi connectivity index (χ3n) is 2.51. The zero-order valence-corrected chi connectivity index (χ0v) is 12.9. The Bertz CT molecular complexity index is 716. The SMILES string of the molecule is O=C(O)/C=C/c1cccc(Cl)c1Oc1cc(Br)ccc1F. The number of hydrogen-bond donors (Lipinski definition) is 1. The predicted octanol–water partition coefficient (Wildman–Crippen LogP) is 5.13. The molecule has 108 valence electrons. The summed E-state index contributed by atoms with van der Waals surface area (Å²) in [6.07, 6.45) is 2.29. The molecule has 21 heavy (non-hydrogen) atoms. The average molecular weight is 372 g/mol.